The highest BCUT2D eigenvalue weighted by molar-refractivity contribution is 5.85. The molecule has 0 aliphatic heterocycles. The largest absolute Gasteiger partial charge is 0.478 e. The van der Waals surface area contributed by atoms with Crippen LogP contribution in [0.1, 0.15) is 46.5 Å². The van der Waals surface area contributed by atoms with Gasteiger partial charge >= 0.3 is 5.97 Å². The average molecular weight is 234 g/mol. The van der Waals surface area contributed by atoms with Gasteiger partial charge in [0.1, 0.15) is 0 Å². The van der Waals surface area contributed by atoms with Gasteiger partial charge in [0.15, 0.2) is 0 Å². The third kappa shape index (κ3) is 1.19. The SMILES string of the molecule is C/C(=C\CC[C@]1(C)C2C[C@@H]3[C@@H](C2)C31C)C(=O)O. The molecule has 0 aromatic carbocycles. The van der Waals surface area contributed by atoms with Gasteiger partial charge in [-0.05, 0) is 61.2 Å². The summed E-state index contributed by atoms with van der Waals surface area (Å²) in [4.78, 5) is 10.7. The van der Waals surface area contributed by atoms with Crippen molar-refractivity contribution < 1.29 is 9.90 Å². The molecule has 3 atom stereocenters. The van der Waals surface area contributed by atoms with Gasteiger partial charge in [-0.3, -0.25) is 0 Å². The summed E-state index contributed by atoms with van der Waals surface area (Å²) in [5.74, 6) is 2.14. The van der Waals surface area contributed by atoms with Crippen molar-refractivity contribution in [1.82, 2.24) is 0 Å². The molecule has 4 saturated carbocycles. The second-order valence-electron chi connectivity index (χ2n) is 6.81. The van der Waals surface area contributed by atoms with Gasteiger partial charge in [0.05, 0.1) is 0 Å². The van der Waals surface area contributed by atoms with Crippen LogP contribution in [0, 0.1) is 28.6 Å². The zero-order chi connectivity index (χ0) is 12.4. The van der Waals surface area contributed by atoms with E-state index in [4.69, 9.17) is 5.11 Å². The Balaban J connectivity index is 1.67. The van der Waals surface area contributed by atoms with E-state index < -0.39 is 5.97 Å². The zero-order valence-electron chi connectivity index (χ0n) is 11.0. The van der Waals surface area contributed by atoms with E-state index in [9.17, 15) is 4.79 Å². The molecule has 2 nitrogen and oxygen atoms in total. The molecule has 0 amide bonds. The van der Waals surface area contributed by atoms with Crippen LogP contribution in [-0.2, 0) is 4.79 Å². The molecule has 0 saturated heterocycles. The lowest BCUT2D eigenvalue weighted by atomic mass is 9.71. The molecular formula is C15H22O2. The Labute approximate surface area is 103 Å². The first-order valence-corrected chi connectivity index (χ1v) is 6.81. The first-order valence-electron chi connectivity index (χ1n) is 6.81. The van der Waals surface area contributed by atoms with Gasteiger partial charge in [-0.15, -0.1) is 0 Å². The second kappa shape index (κ2) is 3.15. The smallest absolute Gasteiger partial charge is 0.330 e. The molecule has 4 bridgehead atoms. The summed E-state index contributed by atoms with van der Waals surface area (Å²) < 4.78 is 0. The van der Waals surface area contributed by atoms with Crippen LogP contribution in [0.15, 0.2) is 11.6 Å². The Kier molecular flexibility index (Phi) is 2.10. The van der Waals surface area contributed by atoms with Crippen molar-refractivity contribution in [1.29, 1.82) is 0 Å². The first-order chi connectivity index (χ1) is 7.91. The summed E-state index contributed by atoms with van der Waals surface area (Å²) in [5, 5.41) is 8.84. The van der Waals surface area contributed by atoms with E-state index in [1.54, 1.807) is 6.92 Å². The van der Waals surface area contributed by atoms with Crippen LogP contribution in [0.3, 0.4) is 0 Å². The lowest BCUT2D eigenvalue weighted by Gasteiger charge is -2.34. The second-order valence-corrected chi connectivity index (χ2v) is 6.81. The number of hydrogen-bond acceptors (Lipinski definition) is 1. The Morgan fingerprint density at radius 3 is 2.35 bits per heavy atom. The first kappa shape index (κ1) is 11.3. The van der Waals surface area contributed by atoms with E-state index in [0.29, 0.717) is 16.4 Å². The maximum atomic E-state index is 10.7. The van der Waals surface area contributed by atoms with Gasteiger partial charge in [0.2, 0.25) is 0 Å². The average Bonchev–Trinajstić information content (AvgIpc) is 2.64. The minimum absolute atomic E-state index is 0.484. The van der Waals surface area contributed by atoms with E-state index in [1.807, 2.05) is 6.08 Å². The monoisotopic (exact) mass is 234 g/mol. The Morgan fingerprint density at radius 2 is 1.94 bits per heavy atom. The molecule has 0 spiro atoms. The fraction of sp³-hybridized carbons (Fsp3) is 0.800. The number of carboxylic acids is 1. The topological polar surface area (TPSA) is 37.3 Å². The van der Waals surface area contributed by atoms with E-state index in [-0.39, 0.29) is 0 Å². The molecule has 94 valence electrons. The fourth-order valence-corrected chi connectivity index (χ4v) is 5.18. The van der Waals surface area contributed by atoms with Crippen molar-refractivity contribution in [2.75, 3.05) is 0 Å². The van der Waals surface area contributed by atoms with Crippen LogP contribution >= 0.6 is 0 Å². The van der Waals surface area contributed by atoms with Gasteiger partial charge in [-0.1, -0.05) is 19.9 Å². The van der Waals surface area contributed by atoms with E-state index in [2.05, 4.69) is 13.8 Å². The number of allylic oxidation sites excluding steroid dienone is 1. The van der Waals surface area contributed by atoms with Gasteiger partial charge in [0.25, 0.3) is 0 Å². The highest BCUT2D eigenvalue weighted by Gasteiger charge is 2.80. The molecule has 0 radical (unpaired) electrons. The standard InChI is InChI=1S/C15H22O2/c1-9(13(16)17)5-4-6-14(2)10-7-11-12(8-10)15(11,14)3/h5,10-12H,4,6-8H2,1-3H3,(H,16,17)/b9-5+/t10?,11-,12-,14-,15?/m1/s1. The molecule has 4 aliphatic carbocycles. The summed E-state index contributed by atoms with van der Waals surface area (Å²) in [7, 11) is 0. The summed E-state index contributed by atoms with van der Waals surface area (Å²) in [5.41, 5.74) is 1.58. The van der Waals surface area contributed by atoms with Crippen molar-refractivity contribution in [2.24, 2.45) is 28.6 Å². The molecule has 0 aromatic heterocycles. The third-order valence-corrected chi connectivity index (χ3v) is 6.58. The summed E-state index contributed by atoms with van der Waals surface area (Å²) in [6.07, 6.45) is 6.90. The summed E-state index contributed by atoms with van der Waals surface area (Å²) in [6.45, 7) is 6.62. The quantitative estimate of drug-likeness (QED) is 0.756. The molecule has 2 heteroatoms. The lowest BCUT2D eigenvalue weighted by Crippen LogP contribution is -2.26. The number of hydrogen-bond donors (Lipinski definition) is 1. The molecule has 0 unspecified atom stereocenters. The molecule has 0 aromatic rings. The molecule has 17 heavy (non-hydrogen) atoms. The van der Waals surface area contributed by atoms with E-state index in [0.717, 1.165) is 24.2 Å². The molecule has 1 N–H and O–H groups in total. The van der Waals surface area contributed by atoms with Gasteiger partial charge in [0, 0.05) is 5.57 Å². The van der Waals surface area contributed by atoms with Gasteiger partial charge in [-0.25, -0.2) is 4.79 Å². The summed E-state index contributed by atoms with van der Waals surface area (Å²) >= 11 is 0. The molecule has 4 aliphatic rings. The maximum Gasteiger partial charge on any atom is 0.330 e. The van der Waals surface area contributed by atoms with Crippen molar-refractivity contribution >= 4 is 5.97 Å². The van der Waals surface area contributed by atoms with Crippen molar-refractivity contribution in [3.8, 4) is 0 Å². The lowest BCUT2D eigenvalue weighted by molar-refractivity contribution is -0.132. The predicted octanol–water partition coefficient (Wildman–Crippen LogP) is 3.48. The highest BCUT2D eigenvalue weighted by Crippen LogP contribution is 2.87. The minimum Gasteiger partial charge on any atom is -0.478 e. The highest BCUT2D eigenvalue weighted by atomic mass is 16.4. The van der Waals surface area contributed by atoms with Crippen LogP contribution in [0.5, 0.6) is 0 Å². The fourth-order valence-electron chi connectivity index (χ4n) is 5.18. The molecular weight excluding hydrogens is 212 g/mol. The zero-order valence-corrected chi connectivity index (χ0v) is 11.0. The Bertz CT molecular complexity index is 397. The van der Waals surface area contributed by atoms with Gasteiger partial charge in [-0.2, -0.15) is 0 Å². The van der Waals surface area contributed by atoms with E-state index in [1.165, 1.54) is 19.3 Å². The van der Waals surface area contributed by atoms with Crippen LogP contribution in [0.4, 0.5) is 0 Å². The van der Waals surface area contributed by atoms with Crippen LogP contribution < -0.4 is 0 Å². The van der Waals surface area contributed by atoms with Crippen LogP contribution in [-0.4, -0.2) is 11.1 Å². The minimum atomic E-state index is -0.776. The molecule has 4 fully saturated rings. The number of carboxylic acid groups (broad SMARTS) is 1. The van der Waals surface area contributed by atoms with Crippen molar-refractivity contribution in [2.45, 2.75) is 46.5 Å². The molecule has 4 rings (SSSR count). The maximum absolute atomic E-state index is 10.7. The van der Waals surface area contributed by atoms with Crippen molar-refractivity contribution in [3.63, 3.8) is 0 Å². The van der Waals surface area contributed by atoms with Gasteiger partial charge < -0.3 is 5.11 Å². The third-order valence-electron chi connectivity index (χ3n) is 6.58. The van der Waals surface area contributed by atoms with Crippen LogP contribution in [0.25, 0.3) is 0 Å². The van der Waals surface area contributed by atoms with E-state index >= 15 is 0 Å². The molecule has 0 heterocycles. The number of aliphatic carboxylic acids is 1. The van der Waals surface area contributed by atoms with Crippen molar-refractivity contribution in [3.05, 3.63) is 11.6 Å². The number of carbonyl (C=O) groups is 1. The normalized spacial score (nSPS) is 50.8. The number of rotatable bonds is 4. The summed E-state index contributed by atoms with van der Waals surface area (Å²) in [6, 6.07) is 0. The Hall–Kier alpha value is -0.790. The van der Waals surface area contributed by atoms with Crippen LogP contribution in [0.2, 0.25) is 0 Å². The predicted molar refractivity (Wildman–Crippen MR) is 66.5 cm³/mol. The Morgan fingerprint density at radius 1 is 1.35 bits per heavy atom.